The van der Waals surface area contributed by atoms with Gasteiger partial charge in [-0.25, -0.2) is 9.97 Å². The molecule has 1 aliphatic carbocycles. The molecule has 1 aromatic heterocycles. The van der Waals surface area contributed by atoms with E-state index < -0.39 is 0 Å². The summed E-state index contributed by atoms with van der Waals surface area (Å²) in [4.78, 5) is 9.50. The van der Waals surface area contributed by atoms with Crippen LogP contribution in [0.2, 0.25) is 0 Å². The quantitative estimate of drug-likeness (QED) is 0.859. The summed E-state index contributed by atoms with van der Waals surface area (Å²) in [5, 5.41) is 3.40. The van der Waals surface area contributed by atoms with Crippen molar-refractivity contribution >= 4 is 5.82 Å². The fourth-order valence-corrected chi connectivity index (χ4v) is 2.88. The molecule has 1 aliphatic heterocycles. The lowest BCUT2D eigenvalue weighted by Crippen LogP contribution is -2.25. The van der Waals surface area contributed by atoms with E-state index >= 15 is 0 Å². The maximum atomic E-state index is 5.74. The van der Waals surface area contributed by atoms with Crippen molar-refractivity contribution in [3.05, 3.63) is 17.1 Å². The van der Waals surface area contributed by atoms with Gasteiger partial charge in [0, 0.05) is 17.8 Å². The van der Waals surface area contributed by atoms with Crippen LogP contribution in [0.25, 0.3) is 0 Å². The molecule has 110 valence electrons. The lowest BCUT2D eigenvalue weighted by atomic mass is 10.1. The Kier molecular flexibility index (Phi) is 4.47. The molecule has 1 N–H and O–H groups in total. The largest absolute Gasteiger partial charge is 0.376 e. The highest BCUT2D eigenvalue weighted by Gasteiger charge is 2.23. The van der Waals surface area contributed by atoms with Gasteiger partial charge in [0.25, 0.3) is 0 Å². The van der Waals surface area contributed by atoms with Gasteiger partial charge in [-0.2, -0.15) is 0 Å². The second kappa shape index (κ2) is 6.50. The number of fused-ring (bicyclic) bond motifs is 1. The van der Waals surface area contributed by atoms with E-state index in [0.29, 0.717) is 19.8 Å². The Bertz CT molecular complexity index is 459. The van der Waals surface area contributed by atoms with E-state index in [2.05, 4.69) is 12.2 Å². The predicted octanol–water partition coefficient (Wildman–Crippen LogP) is 2.27. The molecule has 0 amide bonds. The van der Waals surface area contributed by atoms with Crippen molar-refractivity contribution in [2.24, 2.45) is 0 Å². The fourth-order valence-electron chi connectivity index (χ4n) is 2.88. The number of aryl methyl sites for hydroxylation is 1. The average molecular weight is 277 g/mol. The molecule has 0 saturated carbocycles. The third-order valence-electron chi connectivity index (χ3n) is 3.90. The molecule has 1 unspecified atom stereocenters. The topological polar surface area (TPSA) is 56.3 Å². The number of rotatable bonds is 3. The van der Waals surface area contributed by atoms with Crippen LogP contribution < -0.4 is 5.32 Å². The first-order valence-corrected chi connectivity index (χ1v) is 7.71. The highest BCUT2D eigenvalue weighted by Crippen LogP contribution is 2.27. The summed E-state index contributed by atoms with van der Waals surface area (Å²) in [5.41, 5.74) is 2.52. The first kappa shape index (κ1) is 13.8. The van der Waals surface area contributed by atoms with Crippen molar-refractivity contribution < 1.29 is 9.47 Å². The highest BCUT2D eigenvalue weighted by molar-refractivity contribution is 5.47. The summed E-state index contributed by atoms with van der Waals surface area (Å²) < 4.78 is 11.2. The van der Waals surface area contributed by atoms with Crippen LogP contribution in [-0.2, 0) is 22.3 Å². The molecule has 1 saturated heterocycles. The van der Waals surface area contributed by atoms with Gasteiger partial charge in [-0.05, 0) is 32.6 Å². The van der Waals surface area contributed by atoms with Crippen LogP contribution >= 0.6 is 0 Å². The van der Waals surface area contributed by atoms with Gasteiger partial charge in [0.15, 0.2) is 5.82 Å². The molecule has 3 rings (SSSR count). The Hall–Kier alpha value is -1.20. The van der Waals surface area contributed by atoms with Gasteiger partial charge in [-0.3, -0.25) is 0 Å². The number of hydrogen-bond donors (Lipinski definition) is 1. The van der Waals surface area contributed by atoms with E-state index in [4.69, 9.17) is 19.4 Å². The molecule has 20 heavy (non-hydrogen) atoms. The van der Waals surface area contributed by atoms with Gasteiger partial charge < -0.3 is 14.8 Å². The second-order valence-electron chi connectivity index (χ2n) is 5.38. The molecule has 1 atom stereocenters. The minimum absolute atomic E-state index is 0.116. The monoisotopic (exact) mass is 277 g/mol. The first-order chi connectivity index (χ1) is 9.88. The van der Waals surface area contributed by atoms with E-state index in [1.165, 1.54) is 30.5 Å². The van der Waals surface area contributed by atoms with Crippen LogP contribution in [0.5, 0.6) is 0 Å². The predicted molar refractivity (Wildman–Crippen MR) is 77.0 cm³/mol. The van der Waals surface area contributed by atoms with E-state index in [9.17, 15) is 0 Å². The van der Waals surface area contributed by atoms with Crippen molar-refractivity contribution in [2.75, 3.05) is 31.7 Å². The molecule has 0 aromatic carbocycles. The van der Waals surface area contributed by atoms with Gasteiger partial charge in [0.2, 0.25) is 0 Å². The zero-order valence-corrected chi connectivity index (χ0v) is 12.2. The van der Waals surface area contributed by atoms with E-state index in [0.717, 1.165) is 31.0 Å². The number of nitrogens with one attached hydrogen (secondary N) is 1. The van der Waals surface area contributed by atoms with Crippen LogP contribution in [-0.4, -0.2) is 36.3 Å². The molecule has 5 heteroatoms. The lowest BCUT2D eigenvalue weighted by Gasteiger charge is -2.23. The Morgan fingerprint density at radius 1 is 1.15 bits per heavy atom. The summed E-state index contributed by atoms with van der Waals surface area (Å²) in [7, 11) is 0. The van der Waals surface area contributed by atoms with Gasteiger partial charge in [-0.15, -0.1) is 0 Å². The smallest absolute Gasteiger partial charge is 0.162 e. The van der Waals surface area contributed by atoms with Crippen LogP contribution in [0.1, 0.15) is 49.4 Å². The molecule has 2 heterocycles. The Labute approximate surface area is 120 Å². The zero-order chi connectivity index (χ0) is 13.8. The normalized spacial score (nSPS) is 22.9. The van der Waals surface area contributed by atoms with Gasteiger partial charge in [-0.1, -0.05) is 6.42 Å². The van der Waals surface area contributed by atoms with Crippen molar-refractivity contribution in [1.29, 1.82) is 0 Å². The minimum Gasteiger partial charge on any atom is -0.376 e. The van der Waals surface area contributed by atoms with Gasteiger partial charge in [0.1, 0.15) is 11.9 Å². The minimum atomic E-state index is -0.116. The molecule has 5 nitrogen and oxygen atoms in total. The highest BCUT2D eigenvalue weighted by atomic mass is 16.6. The summed E-state index contributed by atoms with van der Waals surface area (Å²) in [6.07, 6.45) is 5.75. The fraction of sp³-hybridized carbons (Fsp3) is 0.733. The molecule has 2 aliphatic rings. The maximum absolute atomic E-state index is 5.74. The molecular weight excluding hydrogens is 254 g/mol. The lowest BCUT2D eigenvalue weighted by molar-refractivity contribution is -0.0935. The number of nitrogens with zero attached hydrogens (tertiary/aromatic N) is 2. The zero-order valence-electron chi connectivity index (χ0n) is 12.2. The summed E-state index contributed by atoms with van der Waals surface area (Å²) in [6, 6.07) is 0. The second-order valence-corrected chi connectivity index (χ2v) is 5.38. The van der Waals surface area contributed by atoms with E-state index in [1.807, 2.05) is 0 Å². The van der Waals surface area contributed by atoms with Gasteiger partial charge in [0.05, 0.1) is 19.8 Å². The number of aromatic nitrogens is 2. The van der Waals surface area contributed by atoms with Crippen LogP contribution in [0.4, 0.5) is 5.82 Å². The maximum Gasteiger partial charge on any atom is 0.162 e. The third-order valence-corrected chi connectivity index (χ3v) is 3.90. The molecule has 0 spiro atoms. The van der Waals surface area contributed by atoms with E-state index in [-0.39, 0.29) is 6.10 Å². The number of ether oxygens (including phenoxy) is 2. The summed E-state index contributed by atoms with van der Waals surface area (Å²) in [5.74, 6) is 1.78. The van der Waals surface area contributed by atoms with Crippen LogP contribution in [0.15, 0.2) is 0 Å². The Morgan fingerprint density at radius 3 is 2.85 bits per heavy atom. The molecule has 1 aromatic rings. The Balaban J connectivity index is 1.94. The number of anilines is 1. The first-order valence-electron chi connectivity index (χ1n) is 7.71. The Morgan fingerprint density at radius 2 is 2.05 bits per heavy atom. The molecular formula is C15H23N3O2. The SMILES string of the molecule is CCNc1nc(C2COCCO2)nc2c1CCCCC2. The van der Waals surface area contributed by atoms with Gasteiger partial charge >= 0.3 is 0 Å². The standard InChI is InChI=1S/C15H23N3O2/c1-2-16-14-11-6-4-3-5-7-12(11)17-15(18-14)13-10-19-8-9-20-13/h13H,2-10H2,1H3,(H,16,17,18). The van der Waals surface area contributed by atoms with Crippen molar-refractivity contribution in [3.8, 4) is 0 Å². The van der Waals surface area contributed by atoms with E-state index in [1.54, 1.807) is 0 Å². The van der Waals surface area contributed by atoms with Crippen molar-refractivity contribution in [3.63, 3.8) is 0 Å². The van der Waals surface area contributed by atoms with Crippen LogP contribution in [0, 0.1) is 0 Å². The number of hydrogen-bond acceptors (Lipinski definition) is 5. The summed E-state index contributed by atoms with van der Waals surface area (Å²) in [6.45, 7) is 4.84. The molecule has 0 bridgehead atoms. The third kappa shape index (κ3) is 2.94. The van der Waals surface area contributed by atoms with Crippen LogP contribution in [0.3, 0.4) is 0 Å². The van der Waals surface area contributed by atoms with Crippen molar-refractivity contribution in [1.82, 2.24) is 9.97 Å². The average Bonchev–Trinajstić information content (AvgIpc) is 2.74. The molecule has 1 fully saturated rings. The summed E-state index contributed by atoms with van der Waals surface area (Å²) >= 11 is 0. The molecule has 0 radical (unpaired) electrons. The van der Waals surface area contributed by atoms with Crippen molar-refractivity contribution in [2.45, 2.75) is 45.1 Å².